The normalized spacial score (nSPS) is 20.1. The molecule has 3 aromatic rings. The van der Waals surface area contributed by atoms with Gasteiger partial charge in [0.25, 0.3) is 5.91 Å². The maximum atomic E-state index is 13.3. The Balaban J connectivity index is 1.35. The molecule has 0 radical (unpaired) electrons. The number of urea groups is 1. The van der Waals surface area contributed by atoms with Gasteiger partial charge in [-0.05, 0) is 57.2 Å². The van der Waals surface area contributed by atoms with E-state index in [1.165, 1.54) is 24.2 Å². The maximum Gasteiger partial charge on any atom is 0.331 e. The number of anilines is 3. The van der Waals surface area contributed by atoms with Crippen LogP contribution in [0, 0.1) is 6.92 Å². The van der Waals surface area contributed by atoms with E-state index in [0.29, 0.717) is 32.6 Å². The summed E-state index contributed by atoms with van der Waals surface area (Å²) in [5, 5.41) is 10.0. The third-order valence-corrected chi connectivity index (χ3v) is 7.83. The Labute approximate surface area is 200 Å². The first-order chi connectivity index (χ1) is 16.6. The number of nitrogens with one attached hydrogen (secondary N) is 3. The molecule has 3 N–H and O–H groups in total. The number of carbonyl (C=O) groups excluding carboxylic acids is 2. The van der Waals surface area contributed by atoms with Crippen LogP contribution in [0.2, 0.25) is 0 Å². The van der Waals surface area contributed by atoms with Crippen LogP contribution < -0.4 is 25.6 Å². The topological polar surface area (TPSA) is 108 Å². The predicted molar refractivity (Wildman–Crippen MR) is 131 cm³/mol. The van der Waals surface area contributed by atoms with E-state index in [1.54, 1.807) is 17.3 Å². The first-order valence-corrected chi connectivity index (χ1v) is 12.6. The number of carbonyl (C=O) groups is 2. The number of pyridine rings is 2. The van der Waals surface area contributed by atoms with Crippen LogP contribution in [0.3, 0.4) is 0 Å². The van der Waals surface area contributed by atoms with E-state index < -0.39 is 0 Å². The lowest BCUT2D eigenvalue weighted by molar-refractivity contribution is 0.0945. The highest BCUT2D eigenvalue weighted by Crippen LogP contribution is 2.46. The zero-order valence-electron chi connectivity index (χ0n) is 18.9. The number of amides is 3. The molecule has 2 aliphatic heterocycles. The fourth-order valence-corrected chi connectivity index (χ4v) is 6.03. The minimum absolute atomic E-state index is 0.0897. The fourth-order valence-electron chi connectivity index (χ4n) is 5.01. The van der Waals surface area contributed by atoms with Crippen molar-refractivity contribution in [3.05, 3.63) is 35.0 Å². The van der Waals surface area contributed by atoms with Crippen molar-refractivity contribution in [2.75, 3.05) is 23.3 Å². The van der Waals surface area contributed by atoms with Crippen molar-refractivity contribution in [2.24, 2.45) is 0 Å². The first kappa shape index (κ1) is 21.3. The van der Waals surface area contributed by atoms with E-state index >= 15 is 0 Å². The van der Waals surface area contributed by atoms with Crippen LogP contribution in [0.15, 0.2) is 24.5 Å². The highest BCUT2D eigenvalue weighted by atomic mass is 32.1. The molecule has 34 heavy (non-hydrogen) atoms. The number of ether oxygens (including phenoxy) is 1. The molecule has 0 aromatic carbocycles. The Morgan fingerprint density at radius 3 is 2.85 bits per heavy atom. The van der Waals surface area contributed by atoms with E-state index in [-0.39, 0.29) is 24.1 Å². The van der Waals surface area contributed by atoms with Crippen molar-refractivity contribution < 1.29 is 14.3 Å². The quantitative estimate of drug-likeness (QED) is 0.510. The number of rotatable bonds is 5. The average molecular weight is 479 g/mol. The van der Waals surface area contributed by atoms with Crippen LogP contribution in [-0.4, -0.2) is 47.1 Å². The molecule has 2 fully saturated rings. The van der Waals surface area contributed by atoms with Gasteiger partial charge in [0, 0.05) is 24.8 Å². The molecule has 0 spiro atoms. The molecular weight excluding hydrogens is 452 g/mol. The molecule has 0 unspecified atom stereocenters. The van der Waals surface area contributed by atoms with E-state index in [9.17, 15) is 9.59 Å². The number of nitrogens with zero attached hydrogens (tertiary/aromatic N) is 3. The van der Waals surface area contributed by atoms with Crippen molar-refractivity contribution in [2.45, 2.75) is 51.2 Å². The van der Waals surface area contributed by atoms with Crippen molar-refractivity contribution in [1.29, 1.82) is 0 Å². The number of hydrogen-bond acceptors (Lipinski definition) is 7. The zero-order chi connectivity index (χ0) is 23.2. The Hall–Kier alpha value is -3.24. The predicted octanol–water partition coefficient (Wildman–Crippen LogP) is 4.10. The smallest absolute Gasteiger partial charge is 0.331 e. The molecule has 1 saturated heterocycles. The summed E-state index contributed by atoms with van der Waals surface area (Å²) in [6.45, 7) is 3.59. The van der Waals surface area contributed by atoms with Crippen LogP contribution >= 0.6 is 11.3 Å². The standard InChI is InChI=1S/C24H26N6O3S/c1-13-10-18(33-15-4-2-3-5-15)27-12-17(13)30-16-7-9-26-23-19(16)20(29-24(30)32)21(34-23)22(31)28-14-6-8-25-11-14/h7,9-10,12,14-15,25H,2-6,8,11H2,1H3,(H,28,31)(H,29,32)/t14-/m1/s1. The molecule has 3 amide bonds. The second-order valence-electron chi connectivity index (χ2n) is 9.08. The van der Waals surface area contributed by atoms with Gasteiger partial charge in [0.2, 0.25) is 5.88 Å². The lowest BCUT2D eigenvalue weighted by Gasteiger charge is -2.29. The van der Waals surface area contributed by atoms with Gasteiger partial charge in [-0.2, -0.15) is 0 Å². The number of aryl methyl sites for hydroxylation is 1. The maximum absolute atomic E-state index is 13.3. The van der Waals surface area contributed by atoms with E-state index in [0.717, 1.165) is 43.3 Å². The van der Waals surface area contributed by atoms with Crippen LogP contribution in [0.5, 0.6) is 5.88 Å². The minimum atomic E-state index is -0.329. The van der Waals surface area contributed by atoms with Gasteiger partial charge in [-0.25, -0.2) is 14.8 Å². The summed E-state index contributed by atoms with van der Waals surface area (Å²) in [6.07, 6.45) is 8.95. The van der Waals surface area contributed by atoms with Gasteiger partial charge in [-0.15, -0.1) is 11.3 Å². The summed E-state index contributed by atoms with van der Waals surface area (Å²) in [4.78, 5) is 38.1. The van der Waals surface area contributed by atoms with Crippen LogP contribution in [-0.2, 0) is 0 Å². The van der Waals surface area contributed by atoms with Gasteiger partial charge in [0.05, 0.1) is 28.6 Å². The molecule has 3 aromatic heterocycles. The average Bonchev–Trinajstić information content (AvgIpc) is 3.58. The highest BCUT2D eigenvalue weighted by Gasteiger charge is 2.34. The summed E-state index contributed by atoms with van der Waals surface area (Å²) < 4.78 is 6.04. The molecular formula is C24H26N6O3S. The van der Waals surface area contributed by atoms with E-state index in [2.05, 4.69) is 25.9 Å². The van der Waals surface area contributed by atoms with E-state index in [1.807, 2.05) is 19.1 Å². The lowest BCUT2D eigenvalue weighted by atomic mass is 10.1. The number of hydrogen-bond donors (Lipinski definition) is 3. The van der Waals surface area contributed by atoms with Gasteiger partial charge in [-0.3, -0.25) is 9.69 Å². The van der Waals surface area contributed by atoms with Gasteiger partial charge in [0.1, 0.15) is 15.8 Å². The summed E-state index contributed by atoms with van der Waals surface area (Å²) in [6, 6.07) is 3.45. The van der Waals surface area contributed by atoms with Crippen molar-refractivity contribution in [3.8, 4) is 5.88 Å². The Bertz CT molecular complexity index is 1280. The molecule has 3 aliphatic rings. The largest absolute Gasteiger partial charge is 0.474 e. The molecule has 1 aliphatic carbocycles. The molecule has 176 valence electrons. The highest BCUT2D eigenvalue weighted by molar-refractivity contribution is 7.21. The van der Waals surface area contributed by atoms with Gasteiger partial charge in [-0.1, -0.05) is 0 Å². The minimum Gasteiger partial charge on any atom is -0.474 e. The second kappa shape index (κ2) is 8.52. The Morgan fingerprint density at radius 1 is 1.24 bits per heavy atom. The molecule has 9 nitrogen and oxygen atoms in total. The third-order valence-electron chi connectivity index (χ3n) is 6.74. The van der Waals surface area contributed by atoms with Gasteiger partial charge < -0.3 is 20.7 Å². The van der Waals surface area contributed by atoms with Gasteiger partial charge >= 0.3 is 6.03 Å². The molecule has 10 heteroatoms. The molecule has 5 heterocycles. The van der Waals surface area contributed by atoms with Crippen LogP contribution in [0.1, 0.15) is 47.3 Å². The number of thiophene rings is 1. The summed E-state index contributed by atoms with van der Waals surface area (Å²) >= 11 is 1.30. The summed E-state index contributed by atoms with van der Waals surface area (Å²) in [5.74, 6) is 0.402. The molecule has 6 rings (SSSR count). The SMILES string of the molecule is Cc1cc(OC2CCCC2)ncc1N1C(=O)Nc2c(C(=O)N[C@@H]3CCNC3)sc3nccc1c23. The third kappa shape index (κ3) is 3.67. The fraction of sp³-hybridized carbons (Fsp3) is 0.417. The van der Waals surface area contributed by atoms with Crippen molar-refractivity contribution in [1.82, 2.24) is 20.6 Å². The number of aromatic nitrogens is 2. The summed E-state index contributed by atoms with van der Waals surface area (Å²) in [7, 11) is 0. The second-order valence-corrected chi connectivity index (χ2v) is 10.1. The van der Waals surface area contributed by atoms with Crippen LogP contribution in [0.25, 0.3) is 10.2 Å². The van der Waals surface area contributed by atoms with Crippen molar-refractivity contribution in [3.63, 3.8) is 0 Å². The zero-order valence-corrected chi connectivity index (χ0v) is 19.7. The monoisotopic (exact) mass is 478 g/mol. The molecule has 0 bridgehead atoms. The van der Waals surface area contributed by atoms with Gasteiger partial charge in [0.15, 0.2) is 0 Å². The van der Waals surface area contributed by atoms with Crippen LogP contribution in [0.4, 0.5) is 21.9 Å². The Morgan fingerprint density at radius 2 is 2.09 bits per heavy atom. The molecule has 1 atom stereocenters. The Kier molecular flexibility index (Phi) is 5.34. The summed E-state index contributed by atoms with van der Waals surface area (Å²) in [5.41, 5.74) is 2.77. The van der Waals surface area contributed by atoms with Crippen molar-refractivity contribution >= 4 is 50.6 Å². The lowest BCUT2D eigenvalue weighted by Crippen LogP contribution is -2.37. The first-order valence-electron chi connectivity index (χ1n) is 11.8. The molecule has 1 saturated carbocycles. The van der Waals surface area contributed by atoms with E-state index in [4.69, 9.17) is 4.74 Å².